The quantitative estimate of drug-likeness (QED) is 0.545. The summed E-state index contributed by atoms with van der Waals surface area (Å²) in [4.78, 5) is 0. The summed E-state index contributed by atoms with van der Waals surface area (Å²) in [5.74, 6) is 1.12. The predicted octanol–water partition coefficient (Wildman–Crippen LogP) is 6.20. The lowest BCUT2D eigenvalue weighted by atomic mass is 9.97. The molecule has 2 aromatic carbocycles. The van der Waals surface area contributed by atoms with E-state index in [9.17, 15) is 0 Å². The summed E-state index contributed by atoms with van der Waals surface area (Å²) >= 11 is 0. The Morgan fingerprint density at radius 3 is 1.93 bits per heavy atom. The van der Waals surface area contributed by atoms with Crippen LogP contribution >= 0.6 is 0 Å². The molecule has 0 aliphatic heterocycles. The van der Waals surface area contributed by atoms with Gasteiger partial charge >= 0.3 is 0 Å². The van der Waals surface area contributed by atoms with Crippen molar-refractivity contribution >= 4 is 10.8 Å². The number of rotatable bonds is 7. The van der Waals surface area contributed by atoms with Crippen LogP contribution < -0.4 is 4.74 Å². The van der Waals surface area contributed by atoms with Crippen molar-refractivity contribution in [3.8, 4) is 5.75 Å². The van der Waals surface area contributed by atoms with Gasteiger partial charge in [-0.3, -0.25) is 0 Å². The minimum atomic E-state index is -0.146. The van der Waals surface area contributed by atoms with Crippen LogP contribution in [0.4, 0.5) is 0 Å². The molecule has 3 nitrogen and oxygen atoms in total. The molecule has 1 unspecified atom stereocenters. The van der Waals surface area contributed by atoms with Gasteiger partial charge in [-0.15, -0.1) is 0 Å². The predicted molar refractivity (Wildman–Crippen MR) is 109 cm³/mol. The normalized spacial score (nSPS) is 20.0. The highest BCUT2D eigenvalue weighted by molar-refractivity contribution is 5.84. The molecule has 0 saturated heterocycles. The van der Waals surface area contributed by atoms with Gasteiger partial charge in [-0.1, -0.05) is 56.9 Å². The maximum absolute atomic E-state index is 6.50. The van der Waals surface area contributed by atoms with Crippen molar-refractivity contribution in [1.29, 1.82) is 0 Å². The monoisotopic (exact) mass is 368 g/mol. The Morgan fingerprint density at radius 2 is 1.33 bits per heavy atom. The van der Waals surface area contributed by atoms with Crippen molar-refractivity contribution in [1.82, 2.24) is 0 Å². The van der Waals surface area contributed by atoms with E-state index in [1.165, 1.54) is 67.7 Å². The Bertz CT molecular complexity index is 726. The van der Waals surface area contributed by atoms with E-state index in [2.05, 4.69) is 37.3 Å². The average Bonchev–Trinajstić information content (AvgIpc) is 3.40. The minimum Gasteiger partial charge on any atom is -0.497 e. The van der Waals surface area contributed by atoms with E-state index in [1.54, 1.807) is 7.11 Å². The first-order valence-corrected chi connectivity index (χ1v) is 10.6. The van der Waals surface area contributed by atoms with Crippen LogP contribution in [0.15, 0.2) is 36.4 Å². The van der Waals surface area contributed by atoms with E-state index in [0.29, 0.717) is 12.2 Å². The third kappa shape index (κ3) is 4.47. The maximum atomic E-state index is 6.50. The largest absolute Gasteiger partial charge is 0.497 e. The van der Waals surface area contributed by atoms with Crippen LogP contribution in [0, 0.1) is 0 Å². The summed E-state index contributed by atoms with van der Waals surface area (Å²) in [6, 6.07) is 12.9. The van der Waals surface area contributed by atoms with Crippen LogP contribution in [0.2, 0.25) is 0 Å². The van der Waals surface area contributed by atoms with Gasteiger partial charge in [0, 0.05) is 5.92 Å². The molecule has 3 heteroatoms. The van der Waals surface area contributed by atoms with Gasteiger partial charge in [-0.2, -0.15) is 0 Å². The third-order valence-corrected chi connectivity index (χ3v) is 6.26. The molecule has 0 N–H and O–H groups in total. The molecule has 2 aromatic rings. The number of hydrogen-bond donors (Lipinski definition) is 0. The zero-order valence-corrected chi connectivity index (χ0v) is 16.7. The molecule has 0 amide bonds. The van der Waals surface area contributed by atoms with Crippen LogP contribution in [0.1, 0.15) is 69.8 Å². The smallest absolute Gasteiger partial charge is 0.164 e. The SMILES string of the molecule is COc1ccc2cc(C(C)C(OC3CCCC3)OC3CCCC3)ccc2c1. The van der Waals surface area contributed by atoms with Crippen LogP contribution in [0.25, 0.3) is 10.8 Å². The van der Waals surface area contributed by atoms with Gasteiger partial charge in [-0.05, 0) is 54.2 Å². The van der Waals surface area contributed by atoms with Crippen molar-refractivity contribution in [2.45, 2.75) is 82.7 Å². The Morgan fingerprint density at radius 1 is 0.778 bits per heavy atom. The number of benzene rings is 2. The lowest BCUT2D eigenvalue weighted by molar-refractivity contribution is -0.201. The van der Waals surface area contributed by atoms with Crippen LogP contribution in [-0.2, 0) is 9.47 Å². The molecule has 0 radical (unpaired) electrons. The van der Waals surface area contributed by atoms with E-state index in [0.717, 1.165) is 5.75 Å². The van der Waals surface area contributed by atoms with E-state index in [4.69, 9.17) is 14.2 Å². The Hall–Kier alpha value is -1.58. The highest BCUT2D eigenvalue weighted by Crippen LogP contribution is 2.33. The number of ether oxygens (including phenoxy) is 3. The number of hydrogen-bond acceptors (Lipinski definition) is 3. The summed E-state index contributed by atoms with van der Waals surface area (Å²) in [6.45, 7) is 2.25. The second-order valence-electron chi connectivity index (χ2n) is 8.21. The van der Waals surface area contributed by atoms with Crippen molar-refractivity contribution in [3.63, 3.8) is 0 Å². The fourth-order valence-corrected chi connectivity index (χ4v) is 4.51. The van der Waals surface area contributed by atoms with Gasteiger partial charge in [0.25, 0.3) is 0 Å². The van der Waals surface area contributed by atoms with E-state index in [1.807, 2.05) is 6.07 Å². The van der Waals surface area contributed by atoms with E-state index >= 15 is 0 Å². The van der Waals surface area contributed by atoms with Gasteiger partial charge in [0.15, 0.2) is 6.29 Å². The molecule has 146 valence electrons. The Kier molecular flexibility index (Phi) is 5.99. The molecule has 27 heavy (non-hydrogen) atoms. The molecule has 2 aliphatic rings. The summed E-state index contributed by atoms with van der Waals surface area (Å²) < 4.78 is 18.3. The lowest BCUT2D eigenvalue weighted by Gasteiger charge is -2.30. The molecule has 2 saturated carbocycles. The van der Waals surface area contributed by atoms with Crippen molar-refractivity contribution in [3.05, 3.63) is 42.0 Å². The van der Waals surface area contributed by atoms with Gasteiger partial charge < -0.3 is 14.2 Å². The van der Waals surface area contributed by atoms with E-state index in [-0.39, 0.29) is 12.2 Å². The van der Waals surface area contributed by atoms with Crippen molar-refractivity contribution < 1.29 is 14.2 Å². The molecule has 4 rings (SSSR count). The van der Waals surface area contributed by atoms with Crippen LogP contribution in [-0.4, -0.2) is 25.6 Å². The molecule has 1 atom stereocenters. The fourth-order valence-electron chi connectivity index (χ4n) is 4.51. The molecule has 0 bridgehead atoms. The third-order valence-electron chi connectivity index (χ3n) is 6.26. The lowest BCUT2D eigenvalue weighted by Crippen LogP contribution is -2.31. The van der Waals surface area contributed by atoms with Gasteiger partial charge in [0.05, 0.1) is 19.3 Å². The second-order valence-corrected chi connectivity index (χ2v) is 8.21. The topological polar surface area (TPSA) is 27.7 Å². The second kappa shape index (κ2) is 8.62. The zero-order chi connectivity index (χ0) is 18.6. The van der Waals surface area contributed by atoms with Crippen molar-refractivity contribution in [2.75, 3.05) is 7.11 Å². The molecular formula is C24H32O3. The molecular weight excluding hydrogens is 336 g/mol. The first-order chi connectivity index (χ1) is 13.2. The first kappa shape index (κ1) is 18.8. The van der Waals surface area contributed by atoms with Gasteiger partial charge in [0.1, 0.15) is 5.75 Å². The van der Waals surface area contributed by atoms with Gasteiger partial charge in [-0.25, -0.2) is 0 Å². The molecule has 2 aliphatic carbocycles. The average molecular weight is 369 g/mol. The van der Waals surface area contributed by atoms with E-state index < -0.39 is 0 Å². The summed E-state index contributed by atoms with van der Waals surface area (Å²) in [5, 5.41) is 2.44. The van der Waals surface area contributed by atoms with Crippen LogP contribution in [0.3, 0.4) is 0 Å². The summed E-state index contributed by atoms with van der Waals surface area (Å²) in [7, 11) is 1.71. The highest BCUT2D eigenvalue weighted by atomic mass is 16.7. The first-order valence-electron chi connectivity index (χ1n) is 10.6. The highest BCUT2D eigenvalue weighted by Gasteiger charge is 2.30. The fraction of sp³-hybridized carbons (Fsp3) is 0.583. The van der Waals surface area contributed by atoms with Gasteiger partial charge in [0.2, 0.25) is 0 Å². The molecule has 0 spiro atoms. The number of methoxy groups -OCH3 is 1. The maximum Gasteiger partial charge on any atom is 0.164 e. The molecule has 2 fully saturated rings. The molecule has 0 aromatic heterocycles. The zero-order valence-electron chi connectivity index (χ0n) is 16.7. The Balaban J connectivity index is 1.54. The standard InChI is InChI=1S/C24H32O3/c1-17(18-11-12-20-16-23(25-2)14-13-19(20)15-18)24(26-21-7-3-4-8-21)27-22-9-5-6-10-22/h11-17,21-22,24H,3-10H2,1-2H3. The minimum absolute atomic E-state index is 0.146. The van der Waals surface area contributed by atoms with Crippen LogP contribution in [0.5, 0.6) is 5.75 Å². The summed E-state index contributed by atoms with van der Waals surface area (Å²) in [6.07, 6.45) is 10.4. The Labute approximate surface area is 163 Å². The summed E-state index contributed by atoms with van der Waals surface area (Å²) in [5.41, 5.74) is 1.29. The van der Waals surface area contributed by atoms with Crippen molar-refractivity contribution in [2.24, 2.45) is 0 Å². The number of fused-ring (bicyclic) bond motifs is 1. The molecule has 0 heterocycles.